The van der Waals surface area contributed by atoms with Crippen LogP contribution in [0.15, 0.2) is 34.0 Å². The molecule has 72 valence electrons. The van der Waals surface area contributed by atoms with Gasteiger partial charge < -0.3 is 0 Å². The Morgan fingerprint density at radius 3 is 2.69 bits per heavy atom. The Bertz CT molecular complexity index is 244. The first-order chi connectivity index (χ1) is 6.11. The molecule has 0 saturated heterocycles. The van der Waals surface area contributed by atoms with Crippen LogP contribution in [0.2, 0.25) is 0 Å². The van der Waals surface area contributed by atoms with Gasteiger partial charge in [-0.05, 0) is 13.6 Å². The summed E-state index contributed by atoms with van der Waals surface area (Å²) in [5.41, 5.74) is 0.372. The van der Waals surface area contributed by atoms with E-state index in [1.165, 1.54) is 13.1 Å². The van der Waals surface area contributed by atoms with Gasteiger partial charge >= 0.3 is 0 Å². The van der Waals surface area contributed by atoms with Gasteiger partial charge in [-0.1, -0.05) is 17.7 Å². The predicted octanol–water partition coefficient (Wildman–Crippen LogP) is 3.10. The van der Waals surface area contributed by atoms with Crippen molar-refractivity contribution in [3.05, 3.63) is 24.0 Å². The first-order valence-corrected chi connectivity index (χ1v) is 4.13. The molecule has 1 atom stereocenters. The molecule has 0 rings (SSSR count). The molecule has 0 aliphatic rings. The third-order valence-corrected chi connectivity index (χ3v) is 1.52. The summed E-state index contributed by atoms with van der Waals surface area (Å²) < 4.78 is 12.8. The highest BCUT2D eigenvalue weighted by atomic mass is 35.5. The lowest BCUT2D eigenvalue weighted by Gasteiger charge is -2.01. The average molecular weight is 203 g/mol. The second kappa shape index (κ2) is 6.54. The van der Waals surface area contributed by atoms with E-state index < -0.39 is 6.17 Å². The number of alkyl halides is 1. The summed E-state index contributed by atoms with van der Waals surface area (Å²) in [5.74, 6) is 0. The summed E-state index contributed by atoms with van der Waals surface area (Å²) in [6.45, 7) is 8.10. The van der Waals surface area contributed by atoms with E-state index in [0.717, 1.165) is 0 Å². The molecule has 0 aromatic carbocycles. The third kappa shape index (κ3) is 5.31. The lowest BCUT2D eigenvalue weighted by Crippen LogP contribution is -2.09. The summed E-state index contributed by atoms with van der Waals surface area (Å²) in [6.07, 6.45) is 2.14. The number of aliphatic imine (C=N–C) groups is 2. The zero-order chi connectivity index (χ0) is 10.3. The maximum absolute atomic E-state index is 12.8. The van der Waals surface area contributed by atoms with Gasteiger partial charge in [0.1, 0.15) is 11.3 Å². The Kier molecular flexibility index (Phi) is 6.06. The fourth-order valence-electron chi connectivity index (χ4n) is 0.643. The Morgan fingerprint density at radius 1 is 1.69 bits per heavy atom. The molecule has 0 N–H and O–H groups in total. The minimum Gasteiger partial charge on any atom is -0.259 e. The van der Waals surface area contributed by atoms with Crippen LogP contribution in [-0.2, 0) is 0 Å². The highest BCUT2D eigenvalue weighted by Crippen LogP contribution is 2.05. The van der Waals surface area contributed by atoms with Crippen molar-refractivity contribution in [3.63, 3.8) is 0 Å². The molecule has 0 saturated carbocycles. The summed E-state index contributed by atoms with van der Waals surface area (Å²) in [7, 11) is 0. The van der Waals surface area contributed by atoms with E-state index >= 15 is 0 Å². The van der Waals surface area contributed by atoms with Crippen molar-refractivity contribution >= 4 is 24.0 Å². The molecule has 0 aliphatic carbocycles. The lowest BCUT2D eigenvalue weighted by molar-refractivity contribution is 0.451. The molecular weight excluding hydrogens is 191 g/mol. The van der Waals surface area contributed by atoms with Crippen LogP contribution >= 0.6 is 11.6 Å². The first-order valence-electron chi connectivity index (χ1n) is 3.75. The molecule has 0 aromatic rings. The minimum absolute atomic E-state index is 0.141. The molecule has 2 nitrogen and oxygen atoms in total. The maximum Gasteiger partial charge on any atom is 0.146 e. The average Bonchev–Trinajstić information content (AvgIpc) is 2.11. The molecule has 0 aliphatic heterocycles. The molecule has 0 aromatic heterocycles. The van der Waals surface area contributed by atoms with Crippen molar-refractivity contribution in [2.45, 2.75) is 19.5 Å². The van der Waals surface area contributed by atoms with Crippen molar-refractivity contribution in [2.75, 3.05) is 0 Å². The van der Waals surface area contributed by atoms with Crippen LogP contribution in [0.4, 0.5) is 4.39 Å². The third-order valence-electron chi connectivity index (χ3n) is 1.30. The number of hydrogen-bond acceptors (Lipinski definition) is 2. The standard InChI is InChI=1S/C9H12ClFN2/c1-4-5-8(7(2)11)13-6-9(10)12-3/h4,6-7H,1,3,5H2,2H3/b9-6-,13-8+. The second-order valence-corrected chi connectivity index (χ2v) is 2.73. The topological polar surface area (TPSA) is 24.7 Å². The molecule has 1 unspecified atom stereocenters. The Morgan fingerprint density at radius 2 is 2.31 bits per heavy atom. The zero-order valence-electron chi connectivity index (χ0n) is 7.50. The van der Waals surface area contributed by atoms with Crippen molar-refractivity contribution in [3.8, 4) is 0 Å². The van der Waals surface area contributed by atoms with Gasteiger partial charge in [-0.2, -0.15) is 0 Å². The van der Waals surface area contributed by atoms with E-state index in [1.807, 2.05) is 0 Å². The maximum atomic E-state index is 12.8. The van der Waals surface area contributed by atoms with Gasteiger partial charge in [-0.15, -0.1) is 6.58 Å². The van der Waals surface area contributed by atoms with Gasteiger partial charge in [-0.3, -0.25) is 9.98 Å². The van der Waals surface area contributed by atoms with E-state index in [2.05, 4.69) is 23.3 Å². The van der Waals surface area contributed by atoms with Crippen molar-refractivity contribution in [2.24, 2.45) is 9.98 Å². The molecule has 0 radical (unpaired) electrons. The summed E-state index contributed by atoms with van der Waals surface area (Å²) >= 11 is 5.49. The Labute approximate surface area is 82.5 Å². The van der Waals surface area contributed by atoms with Crippen LogP contribution in [0.1, 0.15) is 13.3 Å². The van der Waals surface area contributed by atoms with Crippen LogP contribution in [0.5, 0.6) is 0 Å². The van der Waals surface area contributed by atoms with E-state index in [9.17, 15) is 4.39 Å². The van der Waals surface area contributed by atoms with Gasteiger partial charge in [-0.25, -0.2) is 4.39 Å². The number of halogens is 2. The Hall–Kier alpha value is -0.960. The minimum atomic E-state index is -1.11. The quantitative estimate of drug-likeness (QED) is 0.372. The van der Waals surface area contributed by atoms with E-state index in [4.69, 9.17) is 11.6 Å². The molecule has 13 heavy (non-hydrogen) atoms. The van der Waals surface area contributed by atoms with Crippen LogP contribution in [0.3, 0.4) is 0 Å². The summed E-state index contributed by atoms with van der Waals surface area (Å²) in [4.78, 5) is 7.23. The molecule has 4 heteroatoms. The largest absolute Gasteiger partial charge is 0.259 e. The van der Waals surface area contributed by atoms with Gasteiger partial charge in [0.25, 0.3) is 0 Å². The highest BCUT2D eigenvalue weighted by Gasteiger charge is 2.05. The Balaban J connectivity index is 4.52. The van der Waals surface area contributed by atoms with E-state index in [0.29, 0.717) is 12.1 Å². The summed E-state index contributed by atoms with van der Waals surface area (Å²) in [5, 5.41) is 0.141. The lowest BCUT2D eigenvalue weighted by atomic mass is 10.2. The number of rotatable bonds is 5. The molecule has 0 fully saturated rings. The van der Waals surface area contributed by atoms with Crippen molar-refractivity contribution < 1.29 is 4.39 Å². The van der Waals surface area contributed by atoms with Gasteiger partial charge in [0.05, 0.1) is 11.9 Å². The number of nitrogens with zero attached hydrogens (tertiary/aromatic N) is 2. The predicted molar refractivity (Wildman–Crippen MR) is 56.3 cm³/mol. The molecule has 0 heterocycles. The molecular formula is C9H12ClFN2. The van der Waals surface area contributed by atoms with E-state index in [1.54, 1.807) is 6.08 Å². The second-order valence-electron chi connectivity index (χ2n) is 2.34. The van der Waals surface area contributed by atoms with Crippen LogP contribution in [0.25, 0.3) is 0 Å². The van der Waals surface area contributed by atoms with Crippen LogP contribution < -0.4 is 0 Å². The van der Waals surface area contributed by atoms with Gasteiger partial charge in [0.2, 0.25) is 0 Å². The smallest absolute Gasteiger partial charge is 0.146 e. The normalized spacial score (nSPS) is 15.3. The molecule has 0 amide bonds. The fraction of sp³-hybridized carbons (Fsp3) is 0.333. The fourth-order valence-corrected chi connectivity index (χ4v) is 0.691. The van der Waals surface area contributed by atoms with Crippen LogP contribution in [0, 0.1) is 0 Å². The zero-order valence-corrected chi connectivity index (χ0v) is 8.26. The summed E-state index contributed by atoms with van der Waals surface area (Å²) in [6, 6.07) is 0. The van der Waals surface area contributed by atoms with Crippen molar-refractivity contribution in [1.82, 2.24) is 0 Å². The monoisotopic (exact) mass is 202 g/mol. The SMILES string of the molecule is C=CC/C(=N\C=C(\Cl)N=C)C(C)F. The first kappa shape index (κ1) is 12.0. The number of allylic oxidation sites excluding steroid dienone is 1. The van der Waals surface area contributed by atoms with Gasteiger partial charge in [0.15, 0.2) is 0 Å². The number of hydrogen-bond donors (Lipinski definition) is 0. The molecule has 0 spiro atoms. The van der Waals surface area contributed by atoms with Crippen molar-refractivity contribution in [1.29, 1.82) is 0 Å². The van der Waals surface area contributed by atoms with Gasteiger partial charge in [0, 0.05) is 6.42 Å². The highest BCUT2D eigenvalue weighted by molar-refractivity contribution is 6.29. The molecule has 0 bridgehead atoms. The van der Waals surface area contributed by atoms with E-state index in [-0.39, 0.29) is 5.16 Å². The van der Waals surface area contributed by atoms with Crippen LogP contribution in [-0.4, -0.2) is 18.6 Å².